The molecule has 0 aliphatic rings. The van der Waals surface area contributed by atoms with Gasteiger partial charge in [-0.15, -0.1) is 0 Å². The topological polar surface area (TPSA) is 257 Å². The first-order chi connectivity index (χ1) is 14.6. The second-order valence-corrected chi connectivity index (χ2v) is 7.76. The Labute approximate surface area is 184 Å². The number of nitrogens with two attached hydrogens (primary N) is 3. The first-order valence-corrected chi connectivity index (χ1v) is 9.79. The third kappa shape index (κ3) is 10.7. The minimum Gasteiger partial charge on any atom is -0.480 e. The van der Waals surface area contributed by atoms with Gasteiger partial charge < -0.3 is 43.4 Å². The van der Waals surface area contributed by atoms with E-state index < -0.39 is 78.6 Å². The van der Waals surface area contributed by atoms with Gasteiger partial charge in [-0.1, -0.05) is 13.8 Å². The highest BCUT2D eigenvalue weighted by molar-refractivity contribution is 5.96. The lowest BCUT2D eigenvalue weighted by Crippen LogP contribution is -2.59. The molecule has 0 rings (SSSR count). The summed E-state index contributed by atoms with van der Waals surface area (Å²) < 4.78 is 0. The van der Waals surface area contributed by atoms with E-state index in [1.54, 1.807) is 13.8 Å². The predicted octanol–water partition coefficient (Wildman–Crippen LogP) is -3.97. The Morgan fingerprint density at radius 1 is 0.750 bits per heavy atom. The molecule has 32 heavy (non-hydrogen) atoms. The summed E-state index contributed by atoms with van der Waals surface area (Å²) in [6.45, 7) is 4.81. The molecule has 5 atom stereocenters. The van der Waals surface area contributed by atoms with Crippen LogP contribution in [-0.4, -0.2) is 76.0 Å². The van der Waals surface area contributed by atoms with E-state index >= 15 is 0 Å². The number of carboxylic acid groups (broad SMARTS) is 1. The largest absolute Gasteiger partial charge is 0.480 e. The monoisotopic (exact) mass is 460 g/mol. The zero-order valence-corrected chi connectivity index (χ0v) is 18.2. The number of aliphatic hydroxyl groups is 1. The lowest BCUT2D eigenvalue weighted by Gasteiger charge is -2.26. The van der Waals surface area contributed by atoms with E-state index in [0.717, 1.165) is 0 Å². The van der Waals surface area contributed by atoms with Crippen LogP contribution in [0.4, 0.5) is 0 Å². The second-order valence-electron chi connectivity index (χ2n) is 7.76. The first-order valence-electron chi connectivity index (χ1n) is 9.79. The summed E-state index contributed by atoms with van der Waals surface area (Å²) in [4.78, 5) is 71.0. The van der Waals surface area contributed by atoms with Crippen LogP contribution in [-0.2, 0) is 28.8 Å². The number of hydrogen-bond acceptors (Lipinski definition) is 8. The van der Waals surface area contributed by atoms with Gasteiger partial charge in [0.25, 0.3) is 0 Å². The van der Waals surface area contributed by atoms with Crippen LogP contribution in [0.2, 0.25) is 0 Å². The van der Waals surface area contributed by atoms with Crippen molar-refractivity contribution in [3.8, 4) is 0 Å². The van der Waals surface area contributed by atoms with E-state index in [1.165, 1.54) is 6.92 Å². The summed E-state index contributed by atoms with van der Waals surface area (Å²) in [5.74, 6) is -6.41. The van der Waals surface area contributed by atoms with Crippen LogP contribution in [0, 0.1) is 5.92 Å². The quantitative estimate of drug-likeness (QED) is 0.125. The number of hydrogen-bond donors (Lipinski definition) is 8. The minimum atomic E-state index is -1.69. The molecule has 5 amide bonds. The van der Waals surface area contributed by atoms with Crippen LogP contribution in [0.5, 0.6) is 0 Å². The van der Waals surface area contributed by atoms with Crippen LogP contribution in [0.15, 0.2) is 0 Å². The average molecular weight is 460 g/mol. The van der Waals surface area contributed by atoms with Gasteiger partial charge in [0.05, 0.1) is 18.9 Å². The molecule has 0 aliphatic heterocycles. The number of rotatable bonds is 14. The van der Waals surface area contributed by atoms with Crippen molar-refractivity contribution in [3.63, 3.8) is 0 Å². The third-order valence-electron chi connectivity index (χ3n) is 4.22. The maximum absolute atomic E-state index is 12.7. The molecule has 14 nitrogen and oxygen atoms in total. The lowest BCUT2D eigenvalue weighted by atomic mass is 10.0. The summed E-state index contributed by atoms with van der Waals surface area (Å²) in [5.41, 5.74) is 15.6. The summed E-state index contributed by atoms with van der Waals surface area (Å²) >= 11 is 0. The van der Waals surface area contributed by atoms with Gasteiger partial charge in [-0.25, -0.2) is 4.79 Å². The predicted molar refractivity (Wildman–Crippen MR) is 110 cm³/mol. The van der Waals surface area contributed by atoms with Crippen LogP contribution < -0.4 is 33.2 Å². The maximum atomic E-state index is 12.7. The molecule has 0 aromatic carbocycles. The number of amides is 5. The Kier molecular flexibility index (Phi) is 11.9. The SMILES string of the molecule is CC(C)CC(NC(=O)C(N)C(C)O)C(=O)NC(CC(N)=O)C(=O)NC(CC(N)=O)C(=O)O. The molecule has 0 bridgehead atoms. The van der Waals surface area contributed by atoms with Crippen molar-refractivity contribution in [1.82, 2.24) is 16.0 Å². The van der Waals surface area contributed by atoms with Gasteiger partial charge in [-0.3, -0.25) is 24.0 Å². The van der Waals surface area contributed by atoms with Gasteiger partial charge in [-0.2, -0.15) is 0 Å². The smallest absolute Gasteiger partial charge is 0.326 e. The van der Waals surface area contributed by atoms with Crippen molar-refractivity contribution in [1.29, 1.82) is 0 Å². The standard InChI is InChI=1S/C18H32N6O8/c1-7(2)4-9(23-17(30)14(21)8(3)25)15(28)22-10(5-12(19)26)16(29)24-11(18(31)32)6-13(20)27/h7-11,14,25H,4-6,21H2,1-3H3,(H2,19,26)(H2,20,27)(H,22,28)(H,23,30)(H,24,29)(H,31,32). The summed E-state index contributed by atoms with van der Waals surface area (Å²) in [5, 5.41) is 25.2. The van der Waals surface area contributed by atoms with Crippen molar-refractivity contribution in [3.05, 3.63) is 0 Å². The molecule has 0 saturated carbocycles. The van der Waals surface area contributed by atoms with E-state index in [9.17, 15) is 33.9 Å². The van der Waals surface area contributed by atoms with E-state index in [0.29, 0.717) is 0 Å². The third-order valence-corrected chi connectivity index (χ3v) is 4.22. The number of nitrogens with one attached hydrogen (secondary N) is 3. The normalized spacial score (nSPS) is 15.6. The van der Waals surface area contributed by atoms with Crippen molar-refractivity contribution >= 4 is 35.5 Å². The molecule has 182 valence electrons. The molecule has 0 radical (unpaired) electrons. The Morgan fingerprint density at radius 3 is 1.56 bits per heavy atom. The van der Waals surface area contributed by atoms with Gasteiger partial charge in [-0.05, 0) is 19.3 Å². The molecule has 5 unspecified atom stereocenters. The van der Waals surface area contributed by atoms with Gasteiger partial charge in [0, 0.05) is 0 Å². The molecule has 0 heterocycles. The fraction of sp³-hybridized carbons (Fsp3) is 0.667. The lowest BCUT2D eigenvalue weighted by molar-refractivity contribution is -0.144. The van der Waals surface area contributed by atoms with Crippen molar-refractivity contribution in [2.24, 2.45) is 23.1 Å². The molecule has 14 heteroatoms. The molecule has 0 spiro atoms. The number of aliphatic carboxylic acids is 1. The van der Waals surface area contributed by atoms with E-state index in [2.05, 4.69) is 10.6 Å². The minimum absolute atomic E-state index is 0.0933. The zero-order valence-electron chi connectivity index (χ0n) is 18.2. The highest BCUT2D eigenvalue weighted by Crippen LogP contribution is 2.07. The van der Waals surface area contributed by atoms with Gasteiger partial charge in [0.15, 0.2) is 0 Å². The van der Waals surface area contributed by atoms with Gasteiger partial charge in [0.2, 0.25) is 29.5 Å². The highest BCUT2D eigenvalue weighted by atomic mass is 16.4. The Bertz CT molecular complexity index is 726. The summed E-state index contributed by atoms with van der Waals surface area (Å²) in [6.07, 6.45) is -2.48. The van der Waals surface area contributed by atoms with Crippen molar-refractivity contribution in [2.45, 2.75) is 70.3 Å². The fourth-order valence-corrected chi connectivity index (χ4v) is 2.55. The molecule has 0 saturated heterocycles. The number of carboxylic acids is 1. The maximum Gasteiger partial charge on any atom is 0.326 e. The van der Waals surface area contributed by atoms with E-state index in [-0.39, 0.29) is 12.3 Å². The Hall–Kier alpha value is -3.26. The number of carbonyl (C=O) groups excluding carboxylic acids is 5. The molecular formula is C18H32N6O8. The molecule has 11 N–H and O–H groups in total. The summed E-state index contributed by atoms with van der Waals surface area (Å²) in [7, 11) is 0. The number of aliphatic hydroxyl groups excluding tert-OH is 1. The fourth-order valence-electron chi connectivity index (χ4n) is 2.55. The van der Waals surface area contributed by atoms with Crippen LogP contribution >= 0.6 is 0 Å². The van der Waals surface area contributed by atoms with Gasteiger partial charge >= 0.3 is 5.97 Å². The zero-order chi connectivity index (χ0) is 25.2. The number of primary amides is 2. The molecule has 0 aliphatic carbocycles. The van der Waals surface area contributed by atoms with Crippen molar-refractivity contribution < 1.29 is 39.0 Å². The van der Waals surface area contributed by atoms with Crippen LogP contribution in [0.25, 0.3) is 0 Å². The molecule has 0 aromatic heterocycles. The van der Waals surface area contributed by atoms with E-state index in [4.69, 9.17) is 22.3 Å². The summed E-state index contributed by atoms with van der Waals surface area (Å²) in [6, 6.07) is -5.78. The number of carbonyl (C=O) groups is 6. The second kappa shape index (κ2) is 13.2. The van der Waals surface area contributed by atoms with Crippen LogP contribution in [0.3, 0.4) is 0 Å². The highest BCUT2D eigenvalue weighted by Gasteiger charge is 2.32. The molecular weight excluding hydrogens is 428 g/mol. The molecule has 0 aromatic rings. The van der Waals surface area contributed by atoms with E-state index in [1.807, 2.05) is 5.32 Å². The van der Waals surface area contributed by atoms with Crippen molar-refractivity contribution in [2.75, 3.05) is 0 Å². The van der Waals surface area contributed by atoms with Crippen LogP contribution in [0.1, 0.15) is 40.0 Å². The Morgan fingerprint density at radius 2 is 1.16 bits per heavy atom. The average Bonchev–Trinajstić information content (AvgIpc) is 2.64. The Balaban J connectivity index is 5.56. The van der Waals surface area contributed by atoms with Gasteiger partial charge in [0.1, 0.15) is 24.2 Å². The molecule has 0 fully saturated rings. The first kappa shape index (κ1) is 28.7.